The normalized spacial score (nSPS) is 23.8. The Kier molecular flexibility index (Phi) is 3.95. The zero-order chi connectivity index (χ0) is 11.5. The van der Waals surface area contributed by atoms with Crippen LogP contribution in [0.5, 0.6) is 0 Å². The van der Waals surface area contributed by atoms with Crippen molar-refractivity contribution in [2.24, 2.45) is 5.92 Å². The quantitative estimate of drug-likeness (QED) is 0.867. The zero-order valence-electron chi connectivity index (χ0n) is 10.0. The average Bonchev–Trinajstić information content (AvgIpc) is 2.76. The Labute approximate surface area is 101 Å². The third-order valence-electron chi connectivity index (χ3n) is 3.06. The van der Waals surface area contributed by atoms with E-state index in [0.717, 1.165) is 18.0 Å². The van der Waals surface area contributed by atoms with Crippen LogP contribution in [0.4, 0.5) is 0 Å². The maximum absolute atomic E-state index is 9.29. The molecule has 3 nitrogen and oxygen atoms in total. The molecule has 1 N–H and O–H groups in total. The van der Waals surface area contributed by atoms with Gasteiger partial charge in [-0.05, 0) is 32.9 Å². The molecule has 1 fully saturated rings. The van der Waals surface area contributed by atoms with Gasteiger partial charge in [0.2, 0.25) is 0 Å². The van der Waals surface area contributed by atoms with Crippen LogP contribution in [0.1, 0.15) is 24.0 Å². The smallest absolute Gasteiger partial charge is 0.0931 e. The lowest BCUT2D eigenvalue weighted by Crippen LogP contribution is -2.15. The highest BCUT2D eigenvalue weighted by molar-refractivity contribution is 7.09. The molecule has 1 aliphatic rings. The van der Waals surface area contributed by atoms with E-state index in [1.54, 1.807) is 11.3 Å². The van der Waals surface area contributed by atoms with Crippen molar-refractivity contribution in [3.8, 4) is 0 Å². The van der Waals surface area contributed by atoms with Gasteiger partial charge in [0.25, 0.3) is 0 Å². The highest BCUT2D eigenvalue weighted by atomic mass is 32.1. The minimum Gasteiger partial charge on any atom is -0.393 e. The fourth-order valence-electron chi connectivity index (χ4n) is 2.28. The molecule has 0 aromatic carbocycles. The summed E-state index contributed by atoms with van der Waals surface area (Å²) in [6.45, 7) is 4.23. The second-order valence-electron chi connectivity index (χ2n) is 4.91. The molecule has 0 saturated carbocycles. The molecule has 2 heterocycles. The number of aromatic nitrogens is 1. The van der Waals surface area contributed by atoms with Gasteiger partial charge in [0.15, 0.2) is 0 Å². The lowest BCUT2D eigenvalue weighted by Gasteiger charge is -2.07. The van der Waals surface area contributed by atoms with Crippen LogP contribution in [0, 0.1) is 5.92 Å². The summed E-state index contributed by atoms with van der Waals surface area (Å²) >= 11 is 1.74. The fraction of sp³-hybridized carbons (Fsp3) is 0.750. The minimum absolute atomic E-state index is 0.285. The number of thiazole rings is 1. The van der Waals surface area contributed by atoms with Crippen molar-refractivity contribution in [1.29, 1.82) is 0 Å². The third-order valence-corrected chi connectivity index (χ3v) is 3.98. The van der Waals surface area contributed by atoms with Crippen LogP contribution in [0.3, 0.4) is 0 Å². The molecule has 0 aliphatic carbocycles. The van der Waals surface area contributed by atoms with Crippen molar-refractivity contribution in [2.75, 3.05) is 20.1 Å². The first kappa shape index (κ1) is 12.0. The molecular formula is C12H20N2OS. The summed E-state index contributed by atoms with van der Waals surface area (Å²) in [6.07, 6.45) is 2.80. The molecule has 1 aromatic heterocycles. The zero-order valence-corrected chi connectivity index (χ0v) is 10.8. The van der Waals surface area contributed by atoms with Gasteiger partial charge in [0.05, 0.1) is 16.8 Å². The van der Waals surface area contributed by atoms with Crippen molar-refractivity contribution in [3.63, 3.8) is 0 Å². The number of rotatable bonds is 4. The summed E-state index contributed by atoms with van der Waals surface area (Å²) in [6, 6.07) is 0. The van der Waals surface area contributed by atoms with Gasteiger partial charge in [-0.3, -0.25) is 0 Å². The van der Waals surface area contributed by atoms with Gasteiger partial charge in [-0.1, -0.05) is 0 Å². The summed E-state index contributed by atoms with van der Waals surface area (Å²) in [5, 5.41) is 12.6. The Bertz CT molecular complexity index is 338. The largest absolute Gasteiger partial charge is 0.393 e. The van der Waals surface area contributed by atoms with E-state index in [4.69, 9.17) is 0 Å². The summed E-state index contributed by atoms with van der Waals surface area (Å²) < 4.78 is 0. The Morgan fingerprint density at radius 3 is 3.12 bits per heavy atom. The molecule has 0 bridgehead atoms. The first-order valence-electron chi connectivity index (χ1n) is 5.93. The topological polar surface area (TPSA) is 36.4 Å². The Hall–Kier alpha value is -0.450. The van der Waals surface area contributed by atoms with Crippen LogP contribution >= 0.6 is 11.3 Å². The maximum atomic E-state index is 9.29. The van der Waals surface area contributed by atoms with Crippen LogP contribution < -0.4 is 0 Å². The monoisotopic (exact) mass is 240 g/mol. The molecule has 1 saturated heterocycles. The minimum atomic E-state index is -0.285. The Balaban J connectivity index is 1.87. The Morgan fingerprint density at radius 2 is 2.50 bits per heavy atom. The van der Waals surface area contributed by atoms with Crippen LogP contribution in [0.2, 0.25) is 0 Å². The number of aliphatic hydroxyl groups is 1. The van der Waals surface area contributed by atoms with Crippen molar-refractivity contribution >= 4 is 11.3 Å². The lowest BCUT2D eigenvalue weighted by molar-refractivity contribution is 0.194. The first-order chi connectivity index (χ1) is 7.63. The molecule has 1 aliphatic heterocycles. The molecule has 2 rings (SSSR count). The molecule has 16 heavy (non-hydrogen) atoms. The number of aliphatic hydroxyl groups excluding tert-OH is 1. The van der Waals surface area contributed by atoms with Gasteiger partial charge in [-0.15, -0.1) is 11.3 Å². The molecule has 0 amide bonds. The first-order valence-corrected chi connectivity index (χ1v) is 6.81. The molecule has 0 radical (unpaired) electrons. The molecule has 0 spiro atoms. The standard InChI is InChI=1S/C12H20N2OS/c1-9(15)5-11-8-16-12(13-11)6-10-3-4-14(2)7-10/h8-10,15H,3-7H2,1-2H3. The van der Waals surface area contributed by atoms with Gasteiger partial charge in [0, 0.05) is 24.8 Å². The van der Waals surface area contributed by atoms with Gasteiger partial charge >= 0.3 is 0 Å². The van der Waals surface area contributed by atoms with Crippen molar-refractivity contribution in [2.45, 2.75) is 32.3 Å². The van der Waals surface area contributed by atoms with E-state index < -0.39 is 0 Å². The van der Waals surface area contributed by atoms with Gasteiger partial charge in [-0.25, -0.2) is 4.98 Å². The van der Waals surface area contributed by atoms with E-state index in [1.807, 2.05) is 6.92 Å². The van der Waals surface area contributed by atoms with Gasteiger partial charge in [0.1, 0.15) is 0 Å². The SMILES string of the molecule is CC(O)Cc1csc(CC2CCN(C)C2)n1. The van der Waals surface area contributed by atoms with Gasteiger partial charge < -0.3 is 10.0 Å². The van der Waals surface area contributed by atoms with Crippen molar-refractivity contribution in [1.82, 2.24) is 9.88 Å². The summed E-state index contributed by atoms with van der Waals surface area (Å²) in [7, 11) is 2.18. The van der Waals surface area contributed by atoms with Crippen LogP contribution in [0.15, 0.2) is 5.38 Å². The number of likely N-dealkylation sites (tertiary alicyclic amines) is 1. The predicted molar refractivity (Wildman–Crippen MR) is 66.8 cm³/mol. The van der Waals surface area contributed by atoms with E-state index in [0.29, 0.717) is 6.42 Å². The van der Waals surface area contributed by atoms with E-state index in [9.17, 15) is 5.11 Å². The average molecular weight is 240 g/mol. The predicted octanol–water partition coefficient (Wildman–Crippen LogP) is 1.56. The van der Waals surface area contributed by atoms with E-state index in [-0.39, 0.29) is 6.10 Å². The van der Waals surface area contributed by atoms with E-state index >= 15 is 0 Å². The highest BCUT2D eigenvalue weighted by Crippen LogP contribution is 2.22. The highest BCUT2D eigenvalue weighted by Gasteiger charge is 2.20. The second-order valence-corrected chi connectivity index (χ2v) is 5.85. The third kappa shape index (κ3) is 3.27. The summed E-state index contributed by atoms with van der Waals surface area (Å²) in [4.78, 5) is 6.96. The summed E-state index contributed by atoms with van der Waals surface area (Å²) in [5.41, 5.74) is 1.04. The molecule has 2 unspecified atom stereocenters. The van der Waals surface area contributed by atoms with E-state index in [2.05, 4.69) is 22.3 Å². The van der Waals surface area contributed by atoms with Crippen molar-refractivity contribution < 1.29 is 5.11 Å². The maximum Gasteiger partial charge on any atom is 0.0931 e. The van der Waals surface area contributed by atoms with Crippen LogP contribution in [-0.4, -0.2) is 41.2 Å². The summed E-state index contributed by atoms with van der Waals surface area (Å²) in [5.74, 6) is 0.774. The van der Waals surface area contributed by atoms with Crippen LogP contribution in [0.25, 0.3) is 0 Å². The Morgan fingerprint density at radius 1 is 1.69 bits per heavy atom. The molecule has 1 aromatic rings. The van der Waals surface area contributed by atoms with E-state index in [1.165, 1.54) is 24.5 Å². The van der Waals surface area contributed by atoms with Crippen LogP contribution in [-0.2, 0) is 12.8 Å². The van der Waals surface area contributed by atoms with Crippen molar-refractivity contribution in [3.05, 3.63) is 16.1 Å². The number of hydrogen-bond donors (Lipinski definition) is 1. The lowest BCUT2D eigenvalue weighted by atomic mass is 10.1. The molecule has 4 heteroatoms. The fourth-order valence-corrected chi connectivity index (χ4v) is 3.20. The molecule has 90 valence electrons. The number of nitrogens with zero attached hydrogens (tertiary/aromatic N) is 2. The number of hydrogen-bond acceptors (Lipinski definition) is 4. The molecular weight excluding hydrogens is 220 g/mol. The molecule has 2 atom stereocenters. The van der Waals surface area contributed by atoms with Gasteiger partial charge in [-0.2, -0.15) is 0 Å². The second kappa shape index (κ2) is 5.25.